The molecule has 9 heteroatoms. The summed E-state index contributed by atoms with van der Waals surface area (Å²) in [5.74, 6) is -0.387. The Hall–Kier alpha value is -3.85. The van der Waals surface area contributed by atoms with Crippen molar-refractivity contribution < 1.29 is 22.7 Å². The zero-order valence-corrected chi connectivity index (χ0v) is 25.5. The van der Waals surface area contributed by atoms with E-state index in [4.69, 9.17) is 4.74 Å². The first-order valence-electron chi connectivity index (χ1n) is 14.7. The van der Waals surface area contributed by atoms with E-state index in [0.717, 1.165) is 47.5 Å². The summed E-state index contributed by atoms with van der Waals surface area (Å²) in [7, 11) is -4.18. The van der Waals surface area contributed by atoms with Crippen LogP contribution in [0.2, 0.25) is 0 Å². The lowest BCUT2D eigenvalue weighted by molar-refractivity contribution is -0.139. The molecule has 0 saturated heterocycles. The van der Waals surface area contributed by atoms with E-state index in [2.05, 4.69) is 5.32 Å². The van der Waals surface area contributed by atoms with Gasteiger partial charge in [-0.2, -0.15) is 0 Å². The molecule has 1 aliphatic carbocycles. The molecule has 0 aromatic heterocycles. The number of nitrogens with one attached hydrogen (secondary N) is 1. The molecule has 0 radical (unpaired) electrons. The Kier molecular flexibility index (Phi) is 10.6. The van der Waals surface area contributed by atoms with E-state index in [0.29, 0.717) is 12.4 Å². The van der Waals surface area contributed by atoms with Crippen molar-refractivity contribution in [3.63, 3.8) is 0 Å². The Labute approximate surface area is 249 Å². The van der Waals surface area contributed by atoms with Crippen LogP contribution in [0.15, 0.2) is 83.8 Å². The highest BCUT2D eigenvalue weighted by molar-refractivity contribution is 7.92. The Balaban J connectivity index is 1.70. The van der Waals surface area contributed by atoms with Gasteiger partial charge in [0.05, 0.1) is 17.2 Å². The van der Waals surface area contributed by atoms with Crippen molar-refractivity contribution in [2.45, 2.75) is 76.4 Å². The predicted molar refractivity (Wildman–Crippen MR) is 165 cm³/mol. The van der Waals surface area contributed by atoms with Crippen LogP contribution < -0.4 is 14.4 Å². The first-order valence-corrected chi connectivity index (χ1v) is 16.1. The molecule has 3 aromatic rings. The monoisotopic (exact) mass is 591 g/mol. The first kappa shape index (κ1) is 31.1. The van der Waals surface area contributed by atoms with Crippen LogP contribution in [-0.4, -0.2) is 50.4 Å². The van der Waals surface area contributed by atoms with Crippen molar-refractivity contribution in [1.82, 2.24) is 10.2 Å². The third-order valence-electron chi connectivity index (χ3n) is 7.64. The van der Waals surface area contributed by atoms with Crippen molar-refractivity contribution in [3.8, 4) is 5.75 Å². The van der Waals surface area contributed by atoms with Crippen molar-refractivity contribution in [2.75, 3.05) is 17.5 Å². The van der Waals surface area contributed by atoms with Crippen molar-refractivity contribution in [2.24, 2.45) is 0 Å². The lowest BCUT2D eigenvalue weighted by Crippen LogP contribution is -2.53. The molecule has 1 fully saturated rings. The van der Waals surface area contributed by atoms with Gasteiger partial charge in [-0.1, -0.05) is 79.4 Å². The second-order valence-corrected chi connectivity index (χ2v) is 12.6. The molecule has 42 heavy (non-hydrogen) atoms. The zero-order valence-electron chi connectivity index (χ0n) is 24.7. The Morgan fingerprint density at radius 1 is 0.929 bits per heavy atom. The highest BCUT2D eigenvalue weighted by Gasteiger charge is 2.34. The van der Waals surface area contributed by atoms with E-state index in [1.54, 1.807) is 43.3 Å². The van der Waals surface area contributed by atoms with Crippen molar-refractivity contribution >= 4 is 27.5 Å². The summed E-state index contributed by atoms with van der Waals surface area (Å²) in [6.07, 6.45) is 5.13. The molecule has 0 spiro atoms. The lowest BCUT2D eigenvalue weighted by Gasteiger charge is -2.33. The maximum Gasteiger partial charge on any atom is 0.264 e. The van der Waals surface area contributed by atoms with Gasteiger partial charge in [0.25, 0.3) is 10.0 Å². The number of sulfonamides is 1. The van der Waals surface area contributed by atoms with Gasteiger partial charge in [-0.3, -0.25) is 13.9 Å². The van der Waals surface area contributed by atoms with Gasteiger partial charge in [0, 0.05) is 12.6 Å². The van der Waals surface area contributed by atoms with Crippen molar-refractivity contribution in [3.05, 3.63) is 90.0 Å². The predicted octanol–water partition coefficient (Wildman–Crippen LogP) is 5.46. The van der Waals surface area contributed by atoms with E-state index < -0.39 is 28.5 Å². The smallest absolute Gasteiger partial charge is 0.264 e. The van der Waals surface area contributed by atoms with Crippen LogP contribution >= 0.6 is 0 Å². The molecular weight excluding hydrogens is 550 g/mol. The van der Waals surface area contributed by atoms with Gasteiger partial charge in [-0.05, 0) is 63.4 Å². The molecule has 4 rings (SSSR count). The fourth-order valence-electron chi connectivity index (χ4n) is 5.22. The number of hydrogen-bond acceptors (Lipinski definition) is 5. The Morgan fingerprint density at radius 2 is 1.57 bits per heavy atom. The normalized spacial score (nSPS) is 14.5. The highest BCUT2D eigenvalue weighted by Crippen LogP contribution is 2.33. The first-order chi connectivity index (χ1) is 20.2. The average molecular weight is 592 g/mol. The molecule has 224 valence electrons. The molecule has 3 aromatic carbocycles. The van der Waals surface area contributed by atoms with Crippen LogP contribution in [-0.2, 0) is 26.2 Å². The second kappa shape index (κ2) is 14.4. The summed E-state index contributed by atoms with van der Waals surface area (Å²) >= 11 is 0. The number of benzene rings is 3. The van der Waals surface area contributed by atoms with E-state index >= 15 is 0 Å². The fraction of sp³-hybridized carbons (Fsp3) is 0.394. The van der Waals surface area contributed by atoms with E-state index in [-0.39, 0.29) is 29.1 Å². The summed E-state index contributed by atoms with van der Waals surface area (Å²) in [5.41, 5.74) is 2.01. The number of rotatable bonds is 12. The lowest BCUT2D eigenvalue weighted by atomic mass is 9.95. The molecular formula is C33H41N3O5S. The number of para-hydroxylation sites is 2. The molecule has 0 bridgehead atoms. The van der Waals surface area contributed by atoms with Crippen molar-refractivity contribution in [1.29, 1.82) is 0 Å². The number of aryl methyl sites for hydroxylation is 1. The Morgan fingerprint density at radius 3 is 2.24 bits per heavy atom. The van der Waals surface area contributed by atoms with Gasteiger partial charge >= 0.3 is 0 Å². The number of carbonyl (C=O) groups is 2. The van der Waals surface area contributed by atoms with Crippen LogP contribution in [0.3, 0.4) is 0 Å². The minimum atomic E-state index is -4.18. The topological polar surface area (TPSA) is 96.0 Å². The van der Waals surface area contributed by atoms with Gasteiger partial charge < -0.3 is 15.0 Å². The zero-order chi connectivity index (χ0) is 30.1. The molecule has 0 unspecified atom stereocenters. The summed E-state index contributed by atoms with van der Waals surface area (Å²) in [5, 5.41) is 3.13. The SMILES string of the molecule is CCOc1ccccc1N(CC(=O)N(Cc1ccccc1)[C@@H](C)C(=O)NC1CCCCC1)S(=O)(=O)c1ccc(C)cc1. The van der Waals surface area contributed by atoms with Gasteiger partial charge in [-0.15, -0.1) is 0 Å². The van der Waals surface area contributed by atoms with E-state index in [1.807, 2.05) is 44.2 Å². The molecule has 0 heterocycles. The average Bonchev–Trinajstić information content (AvgIpc) is 3.00. The largest absolute Gasteiger partial charge is 0.492 e. The maximum absolute atomic E-state index is 14.2. The maximum atomic E-state index is 14.2. The number of nitrogens with zero attached hydrogens (tertiary/aromatic N) is 2. The van der Waals surface area contributed by atoms with Crippen LogP contribution in [0, 0.1) is 6.92 Å². The number of anilines is 1. The van der Waals surface area contributed by atoms with Crippen LogP contribution in [0.4, 0.5) is 5.69 Å². The summed E-state index contributed by atoms with van der Waals surface area (Å²) in [4.78, 5) is 29.1. The van der Waals surface area contributed by atoms with Gasteiger partial charge in [0.2, 0.25) is 11.8 Å². The van der Waals surface area contributed by atoms with Gasteiger partial charge in [-0.25, -0.2) is 8.42 Å². The van der Waals surface area contributed by atoms with Crippen LogP contribution in [0.25, 0.3) is 0 Å². The number of ether oxygens (including phenoxy) is 1. The quantitative estimate of drug-likeness (QED) is 0.302. The summed E-state index contributed by atoms with van der Waals surface area (Å²) < 4.78 is 35.1. The third-order valence-corrected chi connectivity index (χ3v) is 9.41. The summed E-state index contributed by atoms with van der Waals surface area (Å²) in [6, 6.07) is 22.0. The number of amides is 2. The molecule has 8 nitrogen and oxygen atoms in total. The van der Waals surface area contributed by atoms with Gasteiger partial charge in [0.1, 0.15) is 18.3 Å². The molecule has 1 atom stereocenters. The third kappa shape index (κ3) is 7.70. The number of hydrogen-bond donors (Lipinski definition) is 1. The molecule has 1 N–H and O–H groups in total. The van der Waals surface area contributed by atoms with E-state index in [9.17, 15) is 18.0 Å². The fourth-order valence-corrected chi connectivity index (χ4v) is 6.65. The highest BCUT2D eigenvalue weighted by atomic mass is 32.2. The molecule has 1 aliphatic rings. The van der Waals surface area contributed by atoms with Crippen LogP contribution in [0.1, 0.15) is 57.1 Å². The summed E-state index contributed by atoms with van der Waals surface area (Å²) in [6.45, 7) is 5.37. The van der Waals surface area contributed by atoms with Gasteiger partial charge in [0.15, 0.2) is 0 Å². The Bertz CT molecular complexity index is 1440. The minimum Gasteiger partial charge on any atom is -0.492 e. The van der Waals surface area contributed by atoms with Crippen LogP contribution in [0.5, 0.6) is 5.75 Å². The standard InChI is InChI=1S/C33H41N3O5S/c1-4-41-31-18-12-11-17-30(31)36(42(39,40)29-21-19-25(2)20-22-29)24-32(37)35(23-27-13-7-5-8-14-27)26(3)33(38)34-28-15-9-6-10-16-28/h5,7-8,11-14,17-22,26,28H,4,6,9-10,15-16,23-24H2,1-3H3,(H,34,38)/t26-/m0/s1. The molecule has 2 amide bonds. The second-order valence-electron chi connectivity index (χ2n) is 10.8. The minimum absolute atomic E-state index is 0.0601. The molecule has 0 aliphatic heterocycles. The van der Waals surface area contributed by atoms with E-state index in [1.165, 1.54) is 17.0 Å². The number of carbonyl (C=O) groups excluding carboxylic acids is 2. The molecule has 1 saturated carbocycles.